The largest absolute Gasteiger partial charge is 0.378 e. The summed E-state index contributed by atoms with van der Waals surface area (Å²) in [5, 5.41) is 8.94. The van der Waals surface area contributed by atoms with Crippen LogP contribution in [0.15, 0.2) is 24.3 Å². The summed E-state index contributed by atoms with van der Waals surface area (Å²) >= 11 is 0. The van der Waals surface area contributed by atoms with Crippen LogP contribution in [0.25, 0.3) is 11.4 Å². The van der Waals surface area contributed by atoms with Gasteiger partial charge in [-0.3, -0.25) is 0 Å². The Balaban J connectivity index is 1.77. The van der Waals surface area contributed by atoms with Gasteiger partial charge in [0.1, 0.15) is 5.82 Å². The van der Waals surface area contributed by atoms with E-state index in [9.17, 15) is 0 Å². The Morgan fingerprint density at radius 3 is 2.57 bits per heavy atom. The minimum Gasteiger partial charge on any atom is -0.378 e. The van der Waals surface area contributed by atoms with Gasteiger partial charge in [0.25, 0.3) is 0 Å². The van der Waals surface area contributed by atoms with E-state index < -0.39 is 0 Å². The summed E-state index contributed by atoms with van der Waals surface area (Å²) in [6, 6.07) is 9.64. The maximum absolute atomic E-state index is 8.94. The van der Waals surface area contributed by atoms with Gasteiger partial charge in [-0.1, -0.05) is 0 Å². The highest BCUT2D eigenvalue weighted by Gasteiger charge is 2.24. The molecule has 1 fully saturated rings. The SMILES string of the molecule is N#Cc1ccc(-c2nc3c(c(N4CCOCC4)n2)CCC3)cc1. The molecule has 0 bridgehead atoms. The molecule has 2 aromatic rings. The van der Waals surface area contributed by atoms with Gasteiger partial charge in [-0.2, -0.15) is 5.26 Å². The molecule has 5 nitrogen and oxygen atoms in total. The van der Waals surface area contributed by atoms with Crippen LogP contribution in [-0.4, -0.2) is 36.3 Å². The normalized spacial score (nSPS) is 16.9. The van der Waals surface area contributed by atoms with Crippen LogP contribution in [-0.2, 0) is 17.6 Å². The molecule has 1 aromatic heterocycles. The lowest BCUT2D eigenvalue weighted by molar-refractivity contribution is 0.122. The first kappa shape index (κ1) is 14.2. The Labute approximate surface area is 135 Å². The highest BCUT2D eigenvalue weighted by molar-refractivity contribution is 5.62. The number of ether oxygens (including phenoxy) is 1. The Kier molecular flexibility index (Phi) is 3.68. The third-order valence-corrected chi connectivity index (χ3v) is 4.49. The van der Waals surface area contributed by atoms with E-state index in [1.54, 1.807) is 0 Å². The molecular weight excluding hydrogens is 288 g/mol. The lowest BCUT2D eigenvalue weighted by Crippen LogP contribution is -2.37. The smallest absolute Gasteiger partial charge is 0.161 e. The Morgan fingerprint density at radius 1 is 1.04 bits per heavy atom. The number of benzene rings is 1. The number of nitrogens with zero attached hydrogens (tertiary/aromatic N) is 4. The van der Waals surface area contributed by atoms with Gasteiger partial charge >= 0.3 is 0 Å². The summed E-state index contributed by atoms with van der Waals surface area (Å²) < 4.78 is 5.47. The van der Waals surface area contributed by atoms with Crippen molar-refractivity contribution in [1.29, 1.82) is 5.26 Å². The maximum Gasteiger partial charge on any atom is 0.161 e. The molecule has 0 saturated carbocycles. The Morgan fingerprint density at radius 2 is 1.83 bits per heavy atom. The van der Waals surface area contributed by atoms with E-state index in [0.717, 1.165) is 62.8 Å². The molecule has 4 rings (SSSR count). The molecule has 116 valence electrons. The third-order valence-electron chi connectivity index (χ3n) is 4.49. The molecule has 2 heterocycles. The molecule has 0 amide bonds. The van der Waals surface area contributed by atoms with Crippen LogP contribution >= 0.6 is 0 Å². The number of rotatable bonds is 2. The molecule has 0 unspecified atom stereocenters. The van der Waals surface area contributed by atoms with Crippen molar-refractivity contribution >= 4 is 5.82 Å². The van der Waals surface area contributed by atoms with Crippen molar-refractivity contribution in [3.63, 3.8) is 0 Å². The monoisotopic (exact) mass is 306 g/mol. The summed E-state index contributed by atoms with van der Waals surface area (Å²) in [6.07, 6.45) is 3.24. The fourth-order valence-corrected chi connectivity index (χ4v) is 3.27. The molecule has 1 saturated heterocycles. The number of hydrogen-bond donors (Lipinski definition) is 0. The maximum atomic E-state index is 8.94. The quantitative estimate of drug-likeness (QED) is 0.852. The number of hydrogen-bond acceptors (Lipinski definition) is 5. The van der Waals surface area contributed by atoms with Gasteiger partial charge in [-0.05, 0) is 43.5 Å². The van der Waals surface area contributed by atoms with Crippen LogP contribution in [0.4, 0.5) is 5.82 Å². The van der Waals surface area contributed by atoms with E-state index in [1.165, 1.54) is 11.3 Å². The summed E-state index contributed by atoms with van der Waals surface area (Å²) in [7, 11) is 0. The van der Waals surface area contributed by atoms with Crippen molar-refractivity contribution in [3.8, 4) is 17.5 Å². The zero-order chi connectivity index (χ0) is 15.6. The number of nitriles is 1. The van der Waals surface area contributed by atoms with Gasteiger partial charge in [0, 0.05) is 29.9 Å². The average molecular weight is 306 g/mol. The van der Waals surface area contributed by atoms with Crippen molar-refractivity contribution in [2.45, 2.75) is 19.3 Å². The molecule has 1 aliphatic heterocycles. The van der Waals surface area contributed by atoms with Gasteiger partial charge in [-0.25, -0.2) is 9.97 Å². The molecule has 2 aliphatic rings. The van der Waals surface area contributed by atoms with Gasteiger partial charge < -0.3 is 9.64 Å². The van der Waals surface area contributed by atoms with Crippen LogP contribution in [0.5, 0.6) is 0 Å². The minimum absolute atomic E-state index is 0.656. The Bertz CT molecular complexity index is 758. The number of anilines is 1. The molecule has 0 radical (unpaired) electrons. The first-order chi connectivity index (χ1) is 11.3. The number of fused-ring (bicyclic) bond motifs is 1. The molecule has 1 aliphatic carbocycles. The second-order valence-electron chi connectivity index (χ2n) is 5.94. The first-order valence-electron chi connectivity index (χ1n) is 8.08. The lowest BCUT2D eigenvalue weighted by Gasteiger charge is -2.29. The van der Waals surface area contributed by atoms with E-state index in [4.69, 9.17) is 20.0 Å². The second kappa shape index (κ2) is 5.98. The third kappa shape index (κ3) is 2.66. The zero-order valence-corrected chi connectivity index (χ0v) is 13.0. The second-order valence-corrected chi connectivity index (χ2v) is 5.94. The molecular formula is C18H18N4O. The highest BCUT2D eigenvalue weighted by Crippen LogP contribution is 2.31. The number of morpholine rings is 1. The number of aromatic nitrogens is 2. The Hall–Kier alpha value is -2.45. The molecule has 23 heavy (non-hydrogen) atoms. The first-order valence-corrected chi connectivity index (χ1v) is 8.08. The van der Waals surface area contributed by atoms with Crippen LogP contribution in [0, 0.1) is 11.3 Å². The van der Waals surface area contributed by atoms with Crippen molar-refractivity contribution in [2.24, 2.45) is 0 Å². The van der Waals surface area contributed by atoms with Gasteiger partial charge in [-0.15, -0.1) is 0 Å². The van der Waals surface area contributed by atoms with E-state index >= 15 is 0 Å². The van der Waals surface area contributed by atoms with Crippen LogP contribution < -0.4 is 4.90 Å². The van der Waals surface area contributed by atoms with Crippen molar-refractivity contribution in [3.05, 3.63) is 41.1 Å². The van der Waals surface area contributed by atoms with E-state index in [1.807, 2.05) is 24.3 Å². The van der Waals surface area contributed by atoms with Crippen LogP contribution in [0.3, 0.4) is 0 Å². The summed E-state index contributed by atoms with van der Waals surface area (Å²) in [4.78, 5) is 12.0. The fraction of sp³-hybridized carbons (Fsp3) is 0.389. The topological polar surface area (TPSA) is 62.0 Å². The van der Waals surface area contributed by atoms with E-state index in [2.05, 4.69) is 11.0 Å². The molecule has 0 N–H and O–H groups in total. The summed E-state index contributed by atoms with van der Waals surface area (Å²) in [5.41, 5.74) is 4.11. The molecule has 0 spiro atoms. The van der Waals surface area contributed by atoms with E-state index in [-0.39, 0.29) is 0 Å². The van der Waals surface area contributed by atoms with Gasteiger partial charge in [0.15, 0.2) is 5.82 Å². The zero-order valence-electron chi connectivity index (χ0n) is 13.0. The van der Waals surface area contributed by atoms with Gasteiger partial charge in [0.2, 0.25) is 0 Å². The molecule has 1 aromatic carbocycles. The predicted molar refractivity (Wildman–Crippen MR) is 87.2 cm³/mol. The lowest BCUT2D eigenvalue weighted by atomic mass is 10.1. The summed E-state index contributed by atoms with van der Waals surface area (Å²) in [6.45, 7) is 3.28. The van der Waals surface area contributed by atoms with Crippen LogP contribution in [0.1, 0.15) is 23.2 Å². The fourth-order valence-electron chi connectivity index (χ4n) is 3.27. The number of aryl methyl sites for hydroxylation is 1. The van der Waals surface area contributed by atoms with Crippen molar-refractivity contribution in [2.75, 3.05) is 31.2 Å². The minimum atomic E-state index is 0.656. The summed E-state index contributed by atoms with van der Waals surface area (Å²) in [5.74, 6) is 1.84. The van der Waals surface area contributed by atoms with Gasteiger partial charge in [0.05, 0.1) is 24.8 Å². The molecule has 0 atom stereocenters. The van der Waals surface area contributed by atoms with Crippen molar-refractivity contribution in [1.82, 2.24) is 9.97 Å². The molecule has 5 heteroatoms. The predicted octanol–water partition coefficient (Wildman–Crippen LogP) is 2.34. The van der Waals surface area contributed by atoms with E-state index in [0.29, 0.717) is 5.56 Å². The average Bonchev–Trinajstić information content (AvgIpc) is 3.10. The van der Waals surface area contributed by atoms with Crippen molar-refractivity contribution < 1.29 is 4.74 Å². The highest BCUT2D eigenvalue weighted by atomic mass is 16.5. The standard InChI is InChI=1S/C18H18N4O/c19-12-13-4-6-14(7-5-13)17-20-16-3-1-2-15(16)18(21-17)22-8-10-23-11-9-22/h4-7H,1-3,8-11H2. The van der Waals surface area contributed by atoms with Crippen LogP contribution in [0.2, 0.25) is 0 Å².